The average molecular weight is 352 g/mol. The first kappa shape index (κ1) is 17.9. The van der Waals surface area contributed by atoms with E-state index in [1.54, 1.807) is 12.1 Å². The van der Waals surface area contributed by atoms with E-state index >= 15 is 0 Å². The van der Waals surface area contributed by atoms with Gasteiger partial charge >= 0.3 is 0 Å². The van der Waals surface area contributed by atoms with Crippen LogP contribution < -0.4 is 10.9 Å². The summed E-state index contributed by atoms with van der Waals surface area (Å²) >= 11 is 0. The van der Waals surface area contributed by atoms with Gasteiger partial charge in [0.1, 0.15) is 5.82 Å². The number of para-hydroxylation sites is 1. The first-order chi connectivity index (χ1) is 12.5. The van der Waals surface area contributed by atoms with Crippen molar-refractivity contribution >= 4 is 16.8 Å². The Kier molecular flexibility index (Phi) is 5.46. The van der Waals surface area contributed by atoms with Crippen LogP contribution in [0, 0.1) is 11.7 Å². The second-order valence-corrected chi connectivity index (χ2v) is 6.48. The average Bonchev–Trinajstić information content (AvgIpc) is 2.63. The molecule has 134 valence electrons. The van der Waals surface area contributed by atoms with Crippen LogP contribution in [0.15, 0.2) is 59.4 Å². The lowest BCUT2D eigenvalue weighted by Gasteiger charge is -2.12. The highest BCUT2D eigenvalue weighted by Crippen LogP contribution is 2.11. The molecule has 0 saturated carbocycles. The third-order valence-electron chi connectivity index (χ3n) is 4.43. The maximum atomic E-state index is 12.9. The van der Waals surface area contributed by atoms with Gasteiger partial charge in [0.05, 0.1) is 0 Å². The highest BCUT2D eigenvalue weighted by molar-refractivity contribution is 5.79. The molecule has 1 amide bonds. The summed E-state index contributed by atoms with van der Waals surface area (Å²) in [4.78, 5) is 27.2. The number of fused-ring (bicyclic) bond motifs is 1. The Morgan fingerprint density at radius 1 is 1.15 bits per heavy atom. The van der Waals surface area contributed by atoms with Crippen LogP contribution in [-0.2, 0) is 17.6 Å². The van der Waals surface area contributed by atoms with E-state index in [0.717, 1.165) is 16.5 Å². The summed E-state index contributed by atoms with van der Waals surface area (Å²) in [5.74, 6) is -0.589. The Labute approximate surface area is 151 Å². The Bertz CT molecular complexity index is 964. The molecule has 1 aromatic heterocycles. The normalized spacial score (nSPS) is 12.1. The van der Waals surface area contributed by atoms with Crippen LogP contribution in [0.5, 0.6) is 0 Å². The number of halogens is 1. The molecule has 5 heteroatoms. The number of aromatic nitrogens is 1. The smallest absolute Gasteiger partial charge is 0.251 e. The van der Waals surface area contributed by atoms with E-state index in [1.807, 2.05) is 37.3 Å². The summed E-state index contributed by atoms with van der Waals surface area (Å²) in [6, 6.07) is 15.6. The predicted octanol–water partition coefficient (Wildman–Crippen LogP) is 3.20. The number of carbonyl (C=O) groups is 1. The van der Waals surface area contributed by atoms with Crippen molar-refractivity contribution in [2.75, 3.05) is 6.54 Å². The largest absolute Gasteiger partial charge is 0.356 e. The maximum Gasteiger partial charge on any atom is 0.251 e. The van der Waals surface area contributed by atoms with Gasteiger partial charge in [-0.05, 0) is 48.1 Å². The summed E-state index contributed by atoms with van der Waals surface area (Å²) in [5.41, 5.74) is 2.24. The van der Waals surface area contributed by atoms with Crippen molar-refractivity contribution in [3.63, 3.8) is 0 Å². The summed E-state index contributed by atoms with van der Waals surface area (Å²) in [5, 5.41) is 3.84. The molecule has 2 aromatic carbocycles. The van der Waals surface area contributed by atoms with Gasteiger partial charge in [0.25, 0.3) is 5.56 Å². The Balaban J connectivity index is 1.55. The summed E-state index contributed by atoms with van der Waals surface area (Å²) in [6.07, 6.45) is 1.01. The van der Waals surface area contributed by atoms with Crippen LogP contribution in [0.25, 0.3) is 10.9 Å². The fourth-order valence-electron chi connectivity index (χ4n) is 2.94. The number of nitrogens with one attached hydrogen (secondary N) is 2. The number of H-pyrrole nitrogens is 1. The minimum absolute atomic E-state index is 0.0773. The van der Waals surface area contributed by atoms with Crippen molar-refractivity contribution < 1.29 is 9.18 Å². The molecule has 0 aliphatic heterocycles. The van der Waals surface area contributed by atoms with Crippen molar-refractivity contribution in [1.82, 2.24) is 10.3 Å². The molecule has 0 saturated heterocycles. The molecule has 3 rings (SSSR count). The predicted molar refractivity (Wildman–Crippen MR) is 101 cm³/mol. The maximum absolute atomic E-state index is 12.9. The van der Waals surface area contributed by atoms with E-state index in [2.05, 4.69) is 10.3 Å². The molecule has 0 radical (unpaired) electrons. The van der Waals surface area contributed by atoms with Crippen molar-refractivity contribution in [2.24, 2.45) is 5.92 Å². The molecule has 4 nitrogen and oxygen atoms in total. The van der Waals surface area contributed by atoms with Gasteiger partial charge in [-0.25, -0.2) is 4.39 Å². The Morgan fingerprint density at radius 3 is 2.65 bits per heavy atom. The molecule has 0 spiro atoms. The molecule has 0 aliphatic rings. The van der Waals surface area contributed by atoms with E-state index in [4.69, 9.17) is 0 Å². The van der Waals surface area contributed by atoms with Crippen molar-refractivity contribution in [3.05, 3.63) is 81.9 Å². The first-order valence-corrected chi connectivity index (χ1v) is 8.66. The van der Waals surface area contributed by atoms with Gasteiger partial charge in [-0.1, -0.05) is 37.3 Å². The number of pyridine rings is 1. The van der Waals surface area contributed by atoms with Gasteiger partial charge in [-0.15, -0.1) is 0 Å². The molecule has 26 heavy (non-hydrogen) atoms. The van der Waals surface area contributed by atoms with Gasteiger partial charge in [-0.3, -0.25) is 9.59 Å². The number of rotatable bonds is 6. The van der Waals surface area contributed by atoms with Crippen molar-refractivity contribution in [1.29, 1.82) is 0 Å². The minimum atomic E-state index is -0.286. The van der Waals surface area contributed by atoms with Crippen LogP contribution in [0.4, 0.5) is 4.39 Å². The number of benzene rings is 2. The summed E-state index contributed by atoms with van der Waals surface area (Å²) in [6.45, 7) is 2.23. The van der Waals surface area contributed by atoms with E-state index in [-0.39, 0.29) is 23.2 Å². The topological polar surface area (TPSA) is 62.0 Å². The SMILES string of the molecule is CC(Cc1ccc(F)cc1)C(=O)NCCc1cc2ccccc2[nH]c1=O. The van der Waals surface area contributed by atoms with Crippen LogP contribution in [0.3, 0.4) is 0 Å². The van der Waals surface area contributed by atoms with E-state index in [9.17, 15) is 14.0 Å². The number of hydrogen-bond acceptors (Lipinski definition) is 2. The molecule has 1 unspecified atom stereocenters. The van der Waals surface area contributed by atoms with Gasteiger partial charge in [0, 0.05) is 23.5 Å². The van der Waals surface area contributed by atoms with Crippen LogP contribution >= 0.6 is 0 Å². The Hall–Kier alpha value is -2.95. The van der Waals surface area contributed by atoms with Gasteiger partial charge in [0.2, 0.25) is 5.91 Å². The lowest BCUT2D eigenvalue weighted by atomic mass is 10.0. The van der Waals surface area contributed by atoms with Crippen LogP contribution in [0.1, 0.15) is 18.1 Å². The monoisotopic (exact) mass is 352 g/mol. The molecule has 1 heterocycles. The quantitative estimate of drug-likeness (QED) is 0.716. The molecule has 0 fully saturated rings. The molecular formula is C21H21FN2O2. The highest BCUT2D eigenvalue weighted by atomic mass is 19.1. The summed E-state index contributed by atoms with van der Waals surface area (Å²) in [7, 11) is 0. The molecule has 0 aliphatic carbocycles. The zero-order valence-electron chi connectivity index (χ0n) is 14.6. The molecular weight excluding hydrogens is 331 g/mol. The molecule has 3 aromatic rings. The lowest BCUT2D eigenvalue weighted by Crippen LogP contribution is -2.32. The third kappa shape index (κ3) is 4.36. The third-order valence-corrected chi connectivity index (χ3v) is 4.43. The fraction of sp³-hybridized carbons (Fsp3) is 0.238. The van der Waals surface area contributed by atoms with Gasteiger partial charge in [0.15, 0.2) is 0 Å². The highest BCUT2D eigenvalue weighted by Gasteiger charge is 2.13. The van der Waals surface area contributed by atoms with Gasteiger partial charge in [-0.2, -0.15) is 0 Å². The first-order valence-electron chi connectivity index (χ1n) is 8.66. The number of aromatic amines is 1. The lowest BCUT2D eigenvalue weighted by molar-refractivity contribution is -0.124. The zero-order chi connectivity index (χ0) is 18.5. The molecule has 1 atom stereocenters. The van der Waals surface area contributed by atoms with E-state index < -0.39 is 0 Å². The van der Waals surface area contributed by atoms with Crippen LogP contribution in [0.2, 0.25) is 0 Å². The molecule has 0 bridgehead atoms. The standard InChI is InChI=1S/C21H21FN2O2/c1-14(12-15-6-8-18(22)9-7-15)20(25)23-11-10-17-13-16-4-2-3-5-19(16)24-21(17)26/h2-9,13-14H,10-12H2,1H3,(H,23,25)(H,24,26). The van der Waals surface area contributed by atoms with E-state index in [0.29, 0.717) is 24.9 Å². The van der Waals surface area contributed by atoms with E-state index in [1.165, 1.54) is 12.1 Å². The van der Waals surface area contributed by atoms with Gasteiger partial charge < -0.3 is 10.3 Å². The minimum Gasteiger partial charge on any atom is -0.356 e. The number of carbonyl (C=O) groups excluding carboxylic acids is 1. The number of hydrogen-bond donors (Lipinski definition) is 2. The molecule has 2 N–H and O–H groups in total. The number of amides is 1. The van der Waals surface area contributed by atoms with Crippen molar-refractivity contribution in [2.45, 2.75) is 19.8 Å². The van der Waals surface area contributed by atoms with Crippen LogP contribution in [-0.4, -0.2) is 17.4 Å². The Morgan fingerprint density at radius 2 is 1.88 bits per heavy atom. The summed E-state index contributed by atoms with van der Waals surface area (Å²) < 4.78 is 12.9. The second-order valence-electron chi connectivity index (χ2n) is 6.48. The fourth-order valence-corrected chi connectivity index (χ4v) is 2.94. The second kappa shape index (κ2) is 7.95. The zero-order valence-corrected chi connectivity index (χ0v) is 14.6. The van der Waals surface area contributed by atoms with Crippen molar-refractivity contribution in [3.8, 4) is 0 Å².